The molecule has 180 valence electrons. The van der Waals surface area contributed by atoms with Gasteiger partial charge in [-0.05, 0) is 42.0 Å². The molecule has 1 heterocycles. The average Bonchev–Trinajstić information content (AvgIpc) is 3.10. The highest BCUT2D eigenvalue weighted by Crippen LogP contribution is 2.41. The van der Waals surface area contributed by atoms with Crippen LogP contribution in [0.3, 0.4) is 0 Å². The number of carbonyl (C=O) groups excluding carboxylic acids is 3. The van der Waals surface area contributed by atoms with Crippen LogP contribution in [0.15, 0.2) is 54.6 Å². The van der Waals surface area contributed by atoms with E-state index in [-0.39, 0.29) is 30.6 Å². The van der Waals surface area contributed by atoms with Gasteiger partial charge in [0.05, 0.1) is 12.5 Å². The smallest absolute Gasteiger partial charge is 0.240 e. The molecule has 0 N–H and O–H groups in total. The van der Waals surface area contributed by atoms with Crippen molar-refractivity contribution in [2.24, 2.45) is 5.92 Å². The van der Waals surface area contributed by atoms with Crippen LogP contribution in [-0.4, -0.2) is 48.2 Å². The van der Waals surface area contributed by atoms with Crippen molar-refractivity contribution in [1.82, 2.24) is 9.80 Å². The molecule has 0 aromatic heterocycles. The quantitative estimate of drug-likeness (QED) is 0.548. The second kappa shape index (κ2) is 10.4. The maximum atomic E-state index is 13.8. The van der Waals surface area contributed by atoms with E-state index in [0.717, 1.165) is 42.6 Å². The number of rotatable bonds is 8. The fourth-order valence-electron chi connectivity index (χ4n) is 5.36. The number of likely N-dealkylation sites (tertiary alicyclic amines) is 1. The standard InChI is InChI=1S/C28H34N2O4/c1-29(19-22-12-9-15-24(16-22)34-2)25(31)17-28(23-13-7-4-8-14-23)18-26(32)30(27(28)33)20-21-10-5-3-6-11-21/h4,7-9,12-16,21H,3,5-6,10-11,17-20H2,1-2H3. The van der Waals surface area contributed by atoms with Gasteiger partial charge in [-0.3, -0.25) is 19.3 Å². The molecule has 0 bridgehead atoms. The second-order valence-corrected chi connectivity index (χ2v) is 9.72. The summed E-state index contributed by atoms with van der Waals surface area (Å²) in [6.45, 7) is 0.870. The summed E-state index contributed by atoms with van der Waals surface area (Å²) >= 11 is 0. The van der Waals surface area contributed by atoms with Crippen molar-refractivity contribution in [2.45, 2.75) is 56.9 Å². The van der Waals surface area contributed by atoms with Gasteiger partial charge in [0.25, 0.3) is 0 Å². The lowest BCUT2D eigenvalue weighted by molar-refractivity contribution is -0.143. The molecule has 1 atom stereocenters. The van der Waals surface area contributed by atoms with E-state index in [4.69, 9.17) is 4.74 Å². The Balaban J connectivity index is 1.56. The minimum atomic E-state index is -1.15. The van der Waals surface area contributed by atoms with Crippen molar-refractivity contribution < 1.29 is 19.1 Å². The summed E-state index contributed by atoms with van der Waals surface area (Å²) in [4.78, 5) is 43.4. The number of hydrogen-bond donors (Lipinski definition) is 0. The van der Waals surface area contributed by atoms with E-state index >= 15 is 0 Å². The lowest BCUT2D eigenvalue weighted by Gasteiger charge is -2.31. The monoisotopic (exact) mass is 462 g/mol. The van der Waals surface area contributed by atoms with E-state index in [0.29, 0.717) is 19.0 Å². The zero-order valence-corrected chi connectivity index (χ0v) is 20.2. The van der Waals surface area contributed by atoms with Gasteiger partial charge in [-0.2, -0.15) is 0 Å². The molecule has 6 nitrogen and oxygen atoms in total. The van der Waals surface area contributed by atoms with Crippen molar-refractivity contribution in [3.8, 4) is 5.75 Å². The molecule has 2 aliphatic rings. The van der Waals surface area contributed by atoms with Crippen LogP contribution in [0.1, 0.15) is 56.1 Å². The van der Waals surface area contributed by atoms with Gasteiger partial charge in [-0.15, -0.1) is 0 Å². The van der Waals surface area contributed by atoms with Crippen molar-refractivity contribution in [3.05, 3.63) is 65.7 Å². The molecule has 1 saturated heterocycles. The summed E-state index contributed by atoms with van der Waals surface area (Å²) in [5, 5.41) is 0. The number of hydrogen-bond acceptors (Lipinski definition) is 4. The summed E-state index contributed by atoms with van der Waals surface area (Å²) in [7, 11) is 3.35. The first kappa shape index (κ1) is 24.0. The van der Waals surface area contributed by atoms with Gasteiger partial charge in [0.15, 0.2) is 0 Å². The predicted molar refractivity (Wildman–Crippen MR) is 130 cm³/mol. The Bertz CT molecular complexity index is 1030. The van der Waals surface area contributed by atoms with Crippen LogP contribution in [0.2, 0.25) is 0 Å². The van der Waals surface area contributed by atoms with Gasteiger partial charge in [0, 0.05) is 33.0 Å². The predicted octanol–water partition coefficient (Wildman–Crippen LogP) is 4.32. The van der Waals surface area contributed by atoms with E-state index in [1.807, 2.05) is 54.6 Å². The van der Waals surface area contributed by atoms with E-state index in [9.17, 15) is 14.4 Å². The Labute approximate surface area is 201 Å². The minimum absolute atomic E-state index is 0.0246. The maximum absolute atomic E-state index is 13.8. The second-order valence-electron chi connectivity index (χ2n) is 9.72. The maximum Gasteiger partial charge on any atom is 0.240 e. The number of nitrogens with zero attached hydrogens (tertiary/aromatic N) is 2. The van der Waals surface area contributed by atoms with Crippen LogP contribution in [0.5, 0.6) is 5.75 Å². The van der Waals surface area contributed by atoms with Gasteiger partial charge < -0.3 is 9.64 Å². The third-order valence-electron chi connectivity index (χ3n) is 7.33. The average molecular weight is 463 g/mol. The van der Waals surface area contributed by atoms with Crippen LogP contribution >= 0.6 is 0 Å². The number of ether oxygens (including phenoxy) is 1. The number of benzene rings is 2. The van der Waals surface area contributed by atoms with Crippen LogP contribution in [0, 0.1) is 5.92 Å². The molecule has 2 fully saturated rings. The summed E-state index contributed by atoms with van der Waals surface area (Å²) in [6.07, 6.45) is 5.65. The highest BCUT2D eigenvalue weighted by Gasteiger charge is 2.54. The van der Waals surface area contributed by atoms with E-state index in [1.165, 1.54) is 11.3 Å². The Morgan fingerprint density at radius 1 is 1.06 bits per heavy atom. The van der Waals surface area contributed by atoms with Crippen LogP contribution < -0.4 is 4.74 Å². The Hall–Kier alpha value is -3.15. The minimum Gasteiger partial charge on any atom is -0.497 e. The fraction of sp³-hybridized carbons (Fsp3) is 0.464. The third kappa shape index (κ3) is 5.01. The third-order valence-corrected chi connectivity index (χ3v) is 7.33. The molecule has 2 aromatic rings. The van der Waals surface area contributed by atoms with E-state index in [2.05, 4.69) is 0 Å². The van der Waals surface area contributed by atoms with Crippen molar-refractivity contribution in [3.63, 3.8) is 0 Å². The van der Waals surface area contributed by atoms with E-state index in [1.54, 1.807) is 19.1 Å². The van der Waals surface area contributed by atoms with Gasteiger partial charge in [-0.1, -0.05) is 61.7 Å². The highest BCUT2D eigenvalue weighted by molar-refractivity contribution is 6.10. The molecule has 3 amide bonds. The molecule has 34 heavy (non-hydrogen) atoms. The summed E-state index contributed by atoms with van der Waals surface area (Å²) in [5.41, 5.74) is 0.534. The molecule has 6 heteroatoms. The molecule has 4 rings (SSSR count). The SMILES string of the molecule is COc1cccc(CN(C)C(=O)CC2(c3ccccc3)CC(=O)N(CC3CCCCC3)C2=O)c1. The first-order valence-corrected chi connectivity index (χ1v) is 12.2. The molecule has 2 aromatic carbocycles. The molecular weight excluding hydrogens is 428 g/mol. The lowest BCUT2D eigenvalue weighted by Crippen LogP contribution is -2.44. The summed E-state index contributed by atoms with van der Waals surface area (Å²) in [6, 6.07) is 16.9. The van der Waals surface area contributed by atoms with Gasteiger partial charge in [0.2, 0.25) is 17.7 Å². The lowest BCUT2D eigenvalue weighted by atomic mass is 9.75. The van der Waals surface area contributed by atoms with Crippen molar-refractivity contribution in [2.75, 3.05) is 20.7 Å². The van der Waals surface area contributed by atoms with Gasteiger partial charge in [0.1, 0.15) is 5.75 Å². The van der Waals surface area contributed by atoms with Gasteiger partial charge in [-0.25, -0.2) is 0 Å². The normalized spacial score (nSPS) is 21.1. The van der Waals surface area contributed by atoms with Gasteiger partial charge >= 0.3 is 0 Å². The Morgan fingerprint density at radius 2 is 1.79 bits per heavy atom. The topological polar surface area (TPSA) is 66.9 Å². The molecule has 1 unspecified atom stereocenters. The first-order valence-electron chi connectivity index (χ1n) is 12.2. The zero-order chi connectivity index (χ0) is 24.1. The molecule has 0 spiro atoms. The fourth-order valence-corrected chi connectivity index (χ4v) is 5.36. The Morgan fingerprint density at radius 3 is 2.50 bits per heavy atom. The number of carbonyl (C=O) groups is 3. The first-order chi connectivity index (χ1) is 16.4. The van der Waals surface area contributed by atoms with Crippen molar-refractivity contribution in [1.29, 1.82) is 0 Å². The number of amides is 3. The molecular formula is C28H34N2O4. The highest BCUT2D eigenvalue weighted by atomic mass is 16.5. The summed E-state index contributed by atoms with van der Waals surface area (Å²) < 4.78 is 5.29. The van der Waals surface area contributed by atoms with E-state index < -0.39 is 5.41 Å². The molecule has 1 aliphatic carbocycles. The Kier molecular flexibility index (Phi) is 7.35. The van der Waals surface area contributed by atoms with Crippen LogP contribution in [0.25, 0.3) is 0 Å². The molecule has 1 aliphatic heterocycles. The van der Waals surface area contributed by atoms with Crippen LogP contribution in [0.4, 0.5) is 0 Å². The van der Waals surface area contributed by atoms with Crippen LogP contribution in [-0.2, 0) is 26.3 Å². The molecule has 1 saturated carbocycles. The van der Waals surface area contributed by atoms with Crippen molar-refractivity contribution >= 4 is 17.7 Å². The number of methoxy groups -OCH3 is 1. The zero-order valence-electron chi connectivity index (χ0n) is 20.2. The molecule has 0 radical (unpaired) electrons. The summed E-state index contributed by atoms with van der Waals surface area (Å²) in [5.74, 6) is 0.543. The largest absolute Gasteiger partial charge is 0.497 e. The number of imide groups is 1.